The summed E-state index contributed by atoms with van der Waals surface area (Å²) in [6.07, 6.45) is 3.03. The van der Waals surface area contributed by atoms with Crippen LogP contribution in [0.15, 0.2) is 11.6 Å². The average molecular weight is 142 g/mol. The van der Waals surface area contributed by atoms with E-state index in [1.807, 2.05) is 6.92 Å². The molecule has 0 N–H and O–H groups in total. The van der Waals surface area contributed by atoms with Gasteiger partial charge in [-0.3, -0.25) is 0 Å². The first-order valence-corrected chi connectivity index (χ1v) is 3.71. The molecule has 1 heterocycles. The summed E-state index contributed by atoms with van der Waals surface area (Å²) < 4.78 is 10.6. The number of rotatable bonds is 2. The second kappa shape index (κ2) is 3.74. The van der Waals surface area contributed by atoms with Gasteiger partial charge in [-0.1, -0.05) is 11.6 Å². The van der Waals surface area contributed by atoms with E-state index in [9.17, 15) is 0 Å². The zero-order chi connectivity index (χ0) is 7.40. The van der Waals surface area contributed by atoms with Gasteiger partial charge in [-0.05, 0) is 13.8 Å². The molecule has 1 rings (SSSR count). The maximum Gasteiger partial charge on any atom is 0.161 e. The molecule has 2 nitrogen and oxygen atoms in total. The molecule has 0 bridgehead atoms. The summed E-state index contributed by atoms with van der Waals surface area (Å²) in [5.74, 6) is 0. The molecule has 0 spiro atoms. The Bertz CT molecular complexity index is 129. The van der Waals surface area contributed by atoms with Gasteiger partial charge in [0.25, 0.3) is 0 Å². The Morgan fingerprint density at radius 1 is 1.80 bits per heavy atom. The molecule has 0 saturated heterocycles. The summed E-state index contributed by atoms with van der Waals surface area (Å²) in [5.41, 5.74) is 1.37. The second-order valence-corrected chi connectivity index (χ2v) is 2.47. The van der Waals surface area contributed by atoms with Crippen LogP contribution in [-0.2, 0) is 9.47 Å². The lowest BCUT2D eigenvalue weighted by atomic mass is 10.2. The molecule has 0 radical (unpaired) electrons. The lowest BCUT2D eigenvalue weighted by molar-refractivity contribution is -0.135. The highest BCUT2D eigenvalue weighted by atomic mass is 16.7. The van der Waals surface area contributed by atoms with Crippen LogP contribution < -0.4 is 0 Å². The molecule has 2 heteroatoms. The summed E-state index contributed by atoms with van der Waals surface area (Å²) in [7, 11) is 0. The van der Waals surface area contributed by atoms with E-state index in [1.54, 1.807) is 0 Å². The van der Waals surface area contributed by atoms with Crippen molar-refractivity contribution in [1.29, 1.82) is 0 Å². The van der Waals surface area contributed by atoms with Gasteiger partial charge < -0.3 is 9.47 Å². The van der Waals surface area contributed by atoms with E-state index >= 15 is 0 Å². The molecule has 0 saturated carbocycles. The molecule has 1 aliphatic rings. The van der Waals surface area contributed by atoms with E-state index in [-0.39, 0.29) is 6.29 Å². The van der Waals surface area contributed by atoms with Crippen molar-refractivity contribution in [3.8, 4) is 0 Å². The molecule has 58 valence electrons. The maximum absolute atomic E-state index is 5.29. The number of ether oxygens (including phenoxy) is 2. The van der Waals surface area contributed by atoms with Crippen molar-refractivity contribution in [1.82, 2.24) is 0 Å². The van der Waals surface area contributed by atoms with Crippen LogP contribution >= 0.6 is 0 Å². The topological polar surface area (TPSA) is 18.5 Å². The zero-order valence-corrected chi connectivity index (χ0v) is 6.59. The van der Waals surface area contributed by atoms with Crippen LogP contribution in [0.5, 0.6) is 0 Å². The van der Waals surface area contributed by atoms with Crippen molar-refractivity contribution in [3.63, 3.8) is 0 Å². The van der Waals surface area contributed by atoms with Crippen LogP contribution in [0.4, 0.5) is 0 Å². The fraction of sp³-hybridized carbons (Fsp3) is 0.750. The lowest BCUT2D eigenvalue weighted by Crippen LogP contribution is -2.21. The van der Waals surface area contributed by atoms with Crippen LogP contribution in [0, 0.1) is 0 Å². The van der Waals surface area contributed by atoms with E-state index < -0.39 is 0 Å². The van der Waals surface area contributed by atoms with Gasteiger partial charge in [0.1, 0.15) is 0 Å². The molecule has 0 aliphatic carbocycles. The first-order chi connectivity index (χ1) is 4.83. The Morgan fingerprint density at radius 2 is 2.60 bits per heavy atom. The quantitative estimate of drug-likeness (QED) is 0.546. The third-order valence-corrected chi connectivity index (χ3v) is 1.56. The van der Waals surface area contributed by atoms with Crippen LogP contribution in [-0.4, -0.2) is 19.5 Å². The summed E-state index contributed by atoms with van der Waals surface area (Å²) >= 11 is 0. The van der Waals surface area contributed by atoms with Crippen molar-refractivity contribution >= 4 is 0 Å². The Kier molecular flexibility index (Phi) is 2.90. The van der Waals surface area contributed by atoms with Gasteiger partial charge in [0, 0.05) is 13.0 Å². The molecular formula is C8H14O2. The highest BCUT2D eigenvalue weighted by Gasteiger charge is 2.12. The molecule has 1 atom stereocenters. The highest BCUT2D eigenvalue weighted by molar-refractivity contribution is 5.01. The summed E-state index contributed by atoms with van der Waals surface area (Å²) in [4.78, 5) is 0. The van der Waals surface area contributed by atoms with E-state index in [0.29, 0.717) is 6.61 Å². The fourth-order valence-electron chi connectivity index (χ4n) is 0.996. The monoisotopic (exact) mass is 142 g/mol. The Labute approximate surface area is 61.8 Å². The van der Waals surface area contributed by atoms with E-state index in [2.05, 4.69) is 13.0 Å². The Morgan fingerprint density at radius 3 is 3.20 bits per heavy atom. The molecule has 1 unspecified atom stereocenters. The Hall–Kier alpha value is -0.340. The third-order valence-electron chi connectivity index (χ3n) is 1.56. The van der Waals surface area contributed by atoms with Gasteiger partial charge in [0.05, 0.1) is 6.61 Å². The molecule has 0 fully saturated rings. The predicted octanol–water partition coefficient (Wildman–Crippen LogP) is 1.72. The average Bonchev–Trinajstić information content (AvgIpc) is 1.88. The summed E-state index contributed by atoms with van der Waals surface area (Å²) in [6.45, 7) is 5.53. The maximum atomic E-state index is 5.29. The van der Waals surface area contributed by atoms with Crippen LogP contribution in [0.25, 0.3) is 0 Å². The molecule has 0 aromatic heterocycles. The van der Waals surface area contributed by atoms with Gasteiger partial charge in [-0.25, -0.2) is 0 Å². The van der Waals surface area contributed by atoms with E-state index in [0.717, 1.165) is 13.0 Å². The zero-order valence-electron chi connectivity index (χ0n) is 6.59. The Balaban J connectivity index is 2.30. The number of hydrogen-bond acceptors (Lipinski definition) is 2. The lowest BCUT2D eigenvalue weighted by Gasteiger charge is -2.21. The first-order valence-electron chi connectivity index (χ1n) is 3.71. The molecule has 10 heavy (non-hydrogen) atoms. The SMILES string of the molecule is CCOC1CC(C)=CCO1. The number of hydrogen-bond donors (Lipinski definition) is 0. The van der Waals surface area contributed by atoms with E-state index in [1.165, 1.54) is 5.57 Å². The van der Waals surface area contributed by atoms with Gasteiger partial charge in [-0.2, -0.15) is 0 Å². The van der Waals surface area contributed by atoms with Crippen molar-refractivity contribution < 1.29 is 9.47 Å². The van der Waals surface area contributed by atoms with Crippen LogP contribution in [0.2, 0.25) is 0 Å². The van der Waals surface area contributed by atoms with Crippen molar-refractivity contribution in [2.75, 3.05) is 13.2 Å². The third kappa shape index (κ3) is 2.12. The minimum Gasteiger partial charge on any atom is -0.353 e. The van der Waals surface area contributed by atoms with Crippen LogP contribution in [0.3, 0.4) is 0 Å². The fourth-order valence-corrected chi connectivity index (χ4v) is 0.996. The molecule has 1 aliphatic heterocycles. The predicted molar refractivity (Wildman–Crippen MR) is 39.7 cm³/mol. The van der Waals surface area contributed by atoms with Gasteiger partial charge >= 0.3 is 0 Å². The second-order valence-electron chi connectivity index (χ2n) is 2.47. The highest BCUT2D eigenvalue weighted by Crippen LogP contribution is 2.14. The molecule has 0 amide bonds. The van der Waals surface area contributed by atoms with Gasteiger partial charge in [0.15, 0.2) is 6.29 Å². The molecule has 0 aromatic rings. The largest absolute Gasteiger partial charge is 0.353 e. The van der Waals surface area contributed by atoms with Crippen LogP contribution in [0.1, 0.15) is 20.3 Å². The smallest absolute Gasteiger partial charge is 0.161 e. The van der Waals surface area contributed by atoms with Crippen molar-refractivity contribution in [2.24, 2.45) is 0 Å². The van der Waals surface area contributed by atoms with E-state index in [4.69, 9.17) is 9.47 Å². The van der Waals surface area contributed by atoms with Crippen molar-refractivity contribution in [2.45, 2.75) is 26.6 Å². The first kappa shape index (κ1) is 7.76. The van der Waals surface area contributed by atoms with Crippen molar-refractivity contribution in [3.05, 3.63) is 11.6 Å². The minimum atomic E-state index is 0.00926. The summed E-state index contributed by atoms with van der Waals surface area (Å²) in [6, 6.07) is 0. The molecule has 0 aromatic carbocycles. The standard InChI is InChI=1S/C8H14O2/c1-3-9-8-6-7(2)4-5-10-8/h4,8H,3,5-6H2,1-2H3. The summed E-state index contributed by atoms with van der Waals surface area (Å²) in [5, 5.41) is 0. The van der Waals surface area contributed by atoms with Gasteiger partial charge in [0.2, 0.25) is 0 Å². The minimum absolute atomic E-state index is 0.00926. The molecular weight excluding hydrogens is 128 g/mol. The van der Waals surface area contributed by atoms with Gasteiger partial charge in [-0.15, -0.1) is 0 Å². The normalized spacial score (nSPS) is 26.2.